The van der Waals surface area contributed by atoms with Gasteiger partial charge in [-0.15, -0.1) is 11.3 Å². The van der Waals surface area contributed by atoms with Gasteiger partial charge in [0.25, 0.3) is 0 Å². The topological polar surface area (TPSA) is 76.2 Å². The minimum absolute atomic E-state index is 0.0150. The fourth-order valence-electron chi connectivity index (χ4n) is 4.75. The molecule has 0 radical (unpaired) electrons. The first kappa shape index (κ1) is 29.0. The van der Waals surface area contributed by atoms with Crippen LogP contribution in [0, 0.1) is 29.1 Å². The van der Waals surface area contributed by atoms with Crippen molar-refractivity contribution in [2.75, 3.05) is 25.1 Å². The van der Waals surface area contributed by atoms with Crippen LogP contribution < -0.4 is 4.90 Å². The number of methoxy groups -OCH3 is 1. The monoisotopic (exact) mass is 530 g/mol. The van der Waals surface area contributed by atoms with E-state index in [1.165, 1.54) is 18.4 Å². The van der Waals surface area contributed by atoms with Crippen LogP contribution in [-0.4, -0.2) is 54.7 Å². The molecule has 0 aromatic carbocycles. The molecule has 0 unspecified atom stereocenters. The minimum Gasteiger partial charge on any atom is -0.465 e. The number of carbonyl (C=O) groups is 3. The number of rotatable bonds is 4. The molecule has 2 amide bonds. The summed E-state index contributed by atoms with van der Waals surface area (Å²) >= 11 is 1.25. The summed E-state index contributed by atoms with van der Waals surface area (Å²) in [6.45, 7) is 14.7. The van der Waals surface area contributed by atoms with E-state index in [1.807, 2.05) is 47.6 Å². The minimum atomic E-state index is -0.602. The average molecular weight is 531 g/mol. The van der Waals surface area contributed by atoms with Crippen molar-refractivity contribution in [3.8, 4) is 11.8 Å². The Bertz CT molecular complexity index is 1060. The van der Waals surface area contributed by atoms with Gasteiger partial charge in [0, 0.05) is 24.4 Å². The van der Waals surface area contributed by atoms with Crippen LogP contribution in [0.5, 0.6) is 0 Å². The first-order valence-corrected chi connectivity index (χ1v) is 14.1. The molecule has 37 heavy (non-hydrogen) atoms. The van der Waals surface area contributed by atoms with Gasteiger partial charge in [-0.3, -0.25) is 4.79 Å². The van der Waals surface area contributed by atoms with Crippen LogP contribution in [0.1, 0.15) is 95.1 Å². The van der Waals surface area contributed by atoms with Crippen molar-refractivity contribution in [3.05, 3.63) is 15.8 Å². The second-order valence-electron chi connectivity index (χ2n) is 12.4. The second-order valence-corrected chi connectivity index (χ2v) is 13.4. The molecule has 3 rings (SSSR count). The molecule has 0 spiro atoms. The maximum Gasteiger partial charge on any atom is 0.410 e. The van der Waals surface area contributed by atoms with E-state index < -0.39 is 11.6 Å². The lowest BCUT2D eigenvalue weighted by Gasteiger charge is -2.34. The van der Waals surface area contributed by atoms with Gasteiger partial charge in [-0.2, -0.15) is 0 Å². The molecule has 204 valence electrons. The van der Waals surface area contributed by atoms with Gasteiger partial charge in [-0.05, 0) is 85.6 Å². The molecule has 1 atom stereocenters. The fraction of sp³-hybridized carbons (Fsp3) is 0.690. The highest BCUT2D eigenvalue weighted by atomic mass is 32.1. The van der Waals surface area contributed by atoms with Gasteiger partial charge in [0.15, 0.2) is 0 Å². The molecule has 1 aromatic heterocycles. The van der Waals surface area contributed by atoms with Crippen molar-refractivity contribution < 1.29 is 23.9 Å². The second kappa shape index (κ2) is 11.5. The summed E-state index contributed by atoms with van der Waals surface area (Å²) in [5.41, 5.74) is -0.270. The van der Waals surface area contributed by atoms with Crippen LogP contribution in [0.25, 0.3) is 0 Å². The fourth-order valence-corrected chi connectivity index (χ4v) is 5.68. The van der Waals surface area contributed by atoms with E-state index in [4.69, 9.17) is 9.47 Å². The highest BCUT2D eigenvalue weighted by Crippen LogP contribution is 2.38. The Hall–Kier alpha value is -2.53. The van der Waals surface area contributed by atoms with Crippen molar-refractivity contribution in [1.82, 2.24) is 4.90 Å². The van der Waals surface area contributed by atoms with E-state index in [0.717, 1.165) is 25.7 Å². The summed E-state index contributed by atoms with van der Waals surface area (Å²) in [5.74, 6) is 6.43. The lowest BCUT2D eigenvalue weighted by Crippen LogP contribution is -2.47. The van der Waals surface area contributed by atoms with Crippen LogP contribution in [0.2, 0.25) is 0 Å². The van der Waals surface area contributed by atoms with Crippen molar-refractivity contribution >= 4 is 35.0 Å². The molecule has 0 bridgehead atoms. The largest absolute Gasteiger partial charge is 0.465 e. The van der Waals surface area contributed by atoms with Crippen LogP contribution >= 0.6 is 11.3 Å². The van der Waals surface area contributed by atoms with Crippen LogP contribution in [-0.2, 0) is 14.3 Å². The summed E-state index contributed by atoms with van der Waals surface area (Å²) < 4.78 is 10.7. The van der Waals surface area contributed by atoms with E-state index in [-0.39, 0.29) is 29.4 Å². The lowest BCUT2D eigenvalue weighted by molar-refractivity contribution is -0.124. The molecule has 8 heteroatoms. The third kappa shape index (κ3) is 7.73. The average Bonchev–Trinajstić information content (AvgIpc) is 3.44. The van der Waals surface area contributed by atoms with E-state index in [2.05, 4.69) is 18.8 Å². The summed E-state index contributed by atoms with van der Waals surface area (Å²) in [7, 11) is 1.35. The molecule has 2 fully saturated rings. The predicted octanol–water partition coefficient (Wildman–Crippen LogP) is 6.10. The first-order chi connectivity index (χ1) is 17.2. The van der Waals surface area contributed by atoms with Gasteiger partial charge in [0.1, 0.15) is 10.5 Å². The predicted molar refractivity (Wildman–Crippen MR) is 147 cm³/mol. The van der Waals surface area contributed by atoms with Crippen LogP contribution in [0.4, 0.5) is 10.5 Å². The number of likely N-dealkylation sites (tertiary alicyclic amines) is 1. The Morgan fingerprint density at radius 1 is 1.05 bits per heavy atom. The Kier molecular flexibility index (Phi) is 9.00. The number of hydrogen-bond acceptors (Lipinski definition) is 6. The molecular weight excluding hydrogens is 488 g/mol. The first-order valence-electron chi connectivity index (χ1n) is 13.2. The van der Waals surface area contributed by atoms with Crippen molar-refractivity contribution in [3.63, 3.8) is 0 Å². The standard InChI is InChI=1S/C29H42N2O5S/c1-19-9-11-20(12-10-19)25(32)31(21-14-16-30(18-21)27(34)36-29(5,6)7)23-17-22(13-15-28(2,3)4)37-24(23)26(33)35-8/h17,19-21H,9-12,14,16,18H2,1-8H3/t19?,20?,21-/m0/s1. The Labute approximate surface area is 225 Å². The quantitative estimate of drug-likeness (QED) is 0.347. The smallest absolute Gasteiger partial charge is 0.410 e. The Morgan fingerprint density at radius 2 is 1.70 bits per heavy atom. The summed E-state index contributed by atoms with van der Waals surface area (Å²) in [4.78, 5) is 44.2. The molecule has 1 aliphatic carbocycles. The summed E-state index contributed by atoms with van der Waals surface area (Å²) in [6.07, 6.45) is 3.89. The normalized spacial score (nSPS) is 22.2. The van der Waals surface area contributed by atoms with Crippen LogP contribution in [0.15, 0.2) is 6.07 Å². The number of ether oxygens (including phenoxy) is 2. The number of amides is 2. The van der Waals surface area contributed by atoms with Crippen molar-refractivity contribution in [2.45, 2.75) is 92.2 Å². The van der Waals surface area contributed by atoms with Crippen LogP contribution in [0.3, 0.4) is 0 Å². The number of thiophene rings is 1. The van der Waals surface area contributed by atoms with Gasteiger partial charge in [0.05, 0.1) is 23.7 Å². The van der Waals surface area contributed by atoms with Crippen molar-refractivity contribution in [1.29, 1.82) is 0 Å². The highest BCUT2D eigenvalue weighted by Gasteiger charge is 2.40. The molecule has 0 N–H and O–H groups in total. The Balaban J connectivity index is 2.00. The highest BCUT2D eigenvalue weighted by molar-refractivity contribution is 7.15. The maximum absolute atomic E-state index is 14.1. The summed E-state index contributed by atoms with van der Waals surface area (Å²) in [5, 5.41) is 0. The number of esters is 1. The van der Waals surface area contributed by atoms with Gasteiger partial charge >= 0.3 is 12.1 Å². The van der Waals surface area contributed by atoms with E-state index in [9.17, 15) is 14.4 Å². The zero-order valence-corrected chi connectivity index (χ0v) is 24.4. The van der Waals surface area contributed by atoms with Gasteiger partial charge in [-0.25, -0.2) is 9.59 Å². The lowest BCUT2D eigenvalue weighted by atomic mass is 9.82. The third-order valence-electron chi connectivity index (χ3n) is 6.69. The number of anilines is 1. The van der Waals surface area contributed by atoms with E-state index in [1.54, 1.807) is 9.80 Å². The zero-order valence-electron chi connectivity index (χ0n) is 23.6. The van der Waals surface area contributed by atoms with Crippen molar-refractivity contribution in [2.24, 2.45) is 17.3 Å². The molecule has 1 aliphatic heterocycles. The molecule has 7 nitrogen and oxygen atoms in total. The van der Waals surface area contributed by atoms with Gasteiger partial charge in [0.2, 0.25) is 5.91 Å². The number of carbonyl (C=O) groups excluding carboxylic acids is 3. The number of hydrogen-bond donors (Lipinski definition) is 0. The third-order valence-corrected chi connectivity index (χ3v) is 7.71. The summed E-state index contributed by atoms with van der Waals surface area (Å²) in [6, 6.07) is 1.58. The molecular formula is C29H42N2O5S. The number of nitrogens with zero attached hydrogens (tertiary/aromatic N) is 2. The van der Waals surface area contributed by atoms with E-state index >= 15 is 0 Å². The molecule has 2 aliphatic rings. The van der Waals surface area contributed by atoms with E-state index in [0.29, 0.717) is 40.9 Å². The maximum atomic E-state index is 14.1. The molecule has 1 saturated heterocycles. The molecule has 1 saturated carbocycles. The molecule has 1 aromatic rings. The SMILES string of the molecule is COC(=O)c1sc(C#CC(C)(C)C)cc1N(C(=O)C1CCC(C)CC1)[C@H]1CCN(C(=O)OC(C)(C)C)C1. The Morgan fingerprint density at radius 3 is 2.27 bits per heavy atom. The zero-order chi connectivity index (χ0) is 27.5. The van der Waals surface area contributed by atoms with Gasteiger partial charge < -0.3 is 19.3 Å². The molecule has 2 heterocycles. The van der Waals surface area contributed by atoms with Gasteiger partial charge in [-0.1, -0.05) is 18.8 Å².